The summed E-state index contributed by atoms with van der Waals surface area (Å²) in [5.41, 5.74) is 0. The van der Waals surface area contributed by atoms with Crippen molar-refractivity contribution in [1.82, 2.24) is 9.62 Å². The molecule has 0 heterocycles. The molecule has 0 bridgehead atoms. The minimum atomic E-state index is -3.34. The quantitative estimate of drug-likeness (QED) is 0.665. The molecule has 1 amide bonds. The van der Waals surface area contributed by atoms with Gasteiger partial charge < -0.3 is 14.8 Å². The van der Waals surface area contributed by atoms with Gasteiger partial charge in [-0.3, -0.25) is 4.79 Å². The molecule has 8 heteroatoms. The Morgan fingerprint density at radius 3 is 2.32 bits per heavy atom. The number of sulfonamides is 1. The predicted octanol–water partition coefficient (Wildman–Crippen LogP) is 0.472. The van der Waals surface area contributed by atoms with Gasteiger partial charge in [0.2, 0.25) is 15.9 Å². The summed E-state index contributed by atoms with van der Waals surface area (Å²) in [5, 5.41) is 2.62. The van der Waals surface area contributed by atoms with Crippen molar-refractivity contribution in [1.29, 1.82) is 0 Å². The molecule has 1 aromatic carbocycles. The van der Waals surface area contributed by atoms with Crippen molar-refractivity contribution in [3.8, 4) is 11.5 Å². The van der Waals surface area contributed by atoms with E-state index in [1.54, 1.807) is 31.4 Å². The van der Waals surface area contributed by atoms with Crippen molar-refractivity contribution < 1.29 is 22.7 Å². The topological polar surface area (TPSA) is 84.9 Å². The first-order valence-corrected chi connectivity index (χ1v) is 8.40. The van der Waals surface area contributed by atoms with Crippen molar-refractivity contribution in [2.24, 2.45) is 0 Å². The average Bonchev–Trinajstić information content (AvgIpc) is 2.50. The zero-order valence-electron chi connectivity index (χ0n) is 13.0. The zero-order valence-corrected chi connectivity index (χ0v) is 13.9. The van der Waals surface area contributed by atoms with Gasteiger partial charge in [-0.1, -0.05) is 0 Å². The lowest BCUT2D eigenvalue weighted by Crippen LogP contribution is -2.32. The summed E-state index contributed by atoms with van der Waals surface area (Å²) in [4.78, 5) is 11.5. The zero-order chi connectivity index (χ0) is 16.6. The predicted molar refractivity (Wildman–Crippen MR) is 83.6 cm³/mol. The molecule has 1 rings (SSSR count). The highest BCUT2D eigenvalue weighted by atomic mass is 32.2. The number of nitrogens with zero attached hydrogens (tertiary/aromatic N) is 1. The molecule has 0 aliphatic heterocycles. The molecule has 0 saturated carbocycles. The summed E-state index contributed by atoms with van der Waals surface area (Å²) in [7, 11) is 1.12. The number of hydrogen-bond donors (Lipinski definition) is 1. The first-order chi connectivity index (χ1) is 10.3. The van der Waals surface area contributed by atoms with Crippen molar-refractivity contribution in [2.75, 3.05) is 40.1 Å². The summed E-state index contributed by atoms with van der Waals surface area (Å²) in [6.07, 6.45) is -0.0664. The highest BCUT2D eigenvalue weighted by Crippen LogP contribution is 2.16. The van der Waals surface area contributed by atoms with E-state index in [4.69, 9.17) is 9.47 Å². The van der Waals surface area contributed by atoms with Crippen LogP contribution in [0.3, 0.4) is 0 Å². The summed E-state index contributed by atoms with van der Waals surface area (Å²) in [6.45, 7) is 0.616. The molecule has 0 unspecified atom stereocenters. The molecule has 0 radical (unpaired) electrons. The second-order valence-electron chi connectivity index (χ2n) is 4.72. The van der Waals surface area contributed by atoms with Crippen LogP contribution in [0, 0.1) is 0 Å². The van der Waals surface area contributed by atoms with Crippen LogP contribution in [-0.4, -0.2) is 58.7 Å². The maximum absolute atomic E-state index is 11.5. The van der Waals surface area contributed by atoms with Crippen LogP contribution >= 0.6 is 0 Å². The highest BCUT2D eigenvalue weighted by Gasteiger charge is 2.15. The lowest BCUT2D eigenvalue weighted by atomic mass is 10.3. The minimum absolute atomic E-state index is 0.0664. The fourth-order valence-electron chi connectivity index (χ4n) is 1.52. The Labute approximate surface area is 131 Å². The van der Waals surface area contributed by atoms with E-state index in [0.717, 1.165) is 10.1 Å². The van der Waals surface area contributed by atoms with E-state index in [9.17, 15) is 13.2 Å². The molecule has 124 valence electrons. The van der Waals surface area contributed by atoms with Crippen LogP contribution < -0.4 is 14.8 Å². The van der Waals surface area contributed by atoms with E-state index < -0.39 is 10.0 Å². The molecule has 0 atom stereocenters. The van der Waals surface area contributed by atoms with Crippen molar-refractivity contribution in [3.05, 3.63) is 24.3 Å². The Morgan fingerprint density at radius 2 is 1.77 bits per heavy atom. The molecule has 0 spiro atoms. The Bertz CT molecular complexity index is 569. The maximum Gasteiger partial charge on any atom is 0.221 e. The van der Waals surface area contributed by atoms with Crippen LogP contribution in [0.2, 0.25) is 0 Å². The molecular weight excluding hydrogens is 308 g/mol. The number of ether oxygens (including phenoxy) is 2. The number of carbonyl (C=O) groups is 1. The van der Waals surface area contributed by atoms with Gasteiger partial charge in [-0.05, 0) is 24.3 Å². The average molecular weight is 330 g/mol. The van der Waals surface area contributed by atoms with Crippen LogP contribution in [0.15, 0.2) is 24.3 Å². The molecule has 0 aliphatic rings. The number of benzene rings is 1. The molecular formula is C14H22N2O5S. The second-order valence-corrected chi connectivity index (χ2v) is 7.02. The van der Waals surface area contributed by atoms with E-state index in [0.29, 0.717) is 18.9 Å². The third-order valence-electron chi connectivity index (χ3n) is 2.90. The van der Waals surface area contributed by atoms with Crippen LogP contribution in [0.1, 0.15) is 6.42 Å². The van der Waals surface area contributed by atoms with Crippen molar-refractivity contribution >= 4 is 15.9 Å². The van der Waals surface area contributed by atoms with Gasteiger partial charge in [-0.15, -0.1) is 0 Å². The van der Waals surface area contributed by atoms with Gasteiger partial charge in [0, 0.05) is 20.5 Å². The van der Waals surface area contributed by atoms with Gasteiger partial charge >= 0.3 is 0 Å². The smallest absolute Gasteiger partial charge is 0.221 e. The lowest BCUT2D eigenvalue weighted by molar-refractivity contribution is -0.120. The number of rotatable bonds is 9. The second kappa shape index (κ2) is 8.60. The molecule has 1 aromatic rings. The standard InChI is InChI=1S/C14H22N2O5S/c1-16(2)22(18,19)11-8-14(17)15-9-10-21-13-6-4-12(20-3)5-7-13/h4-7H,8-11H2,1-3H3,(H,15,17). The van der Waals surface area contributed by atoms with Gasteiger partial charge in [0.05, 0.1) is 19.4 Å². The highest BCUT2D eigenvalue weighted by molar-refractivity contribution is 7.89. The number of hydrogen-bond acceptors (Lipinski definition) is 5. The first-order valence-electron chi connectivity index (χ1n) is 6.79. The largest absolute Gasteiger partial charge is 0.497 e. The Balaban J connectivity index is 2.22. The van der Waals surface area contributed by atoms with E-state index in [-0.39, 0.29) is 18.1 Å². The van der Waals surface area contributed by atoms with Gasteiger partial charge in [-0.2, -0.15) is 0 Å². The summed E-state index contributed by atoms with van der Waals surface area (Å²) in [5.74, 6) is 0.891. The Morgan fingerprint density at radius 1 is 1.18 bits per heavy atom. The van der Waals surface area contributed by atoms with Gasteiger partial charge in [-0.25, -0.2) is 12.7 Å². The first kappa shape index (κ1) is 18.2. The lowest BCUT2D eigenvalue weighted by Gasteiger charge is -2.11. The van der Waals surface area contributed by atoms with Crippen molar-refractivity contribution in [2.45, 2.75) is 6.42 Å². The molecule has 0 aromatic heterocycles. The third-order valence-corrected chi connectivity index (χ3v) is 4.73. The normalized spacial score (nSPS) is 11.3. The maximum atomic E-state index is 11.5. The summed E-state index contributed by atoms with van der Waals surface area (Å²) < 4.78 is 34.6. The van der Waals surface area contributed by atoms with Crippen LogP contribution in [0.25, 0.3) is 0 Å². The monoisotopic (exact) mass is 330 g/mol. The SMILES string of the molecule is COc1ccc(OCCNC(=O)CCS(=O)(=O)N(C)C)cc1. The van der Waals surface area contributed by atoms with Crippen LogP contribution in [0.5, 0.6) is 11.5 Å². The van der Waals surface area contributed by atoms with E-state index in [1.165, 1.54) is 14.1 Å². The third kappa shape index (κ3) is 6.31. The van der Waals surface area contributed by atoms with E-state index >= 15 is 0 Å². The van der Waals surface area contributed by atoms with E-state index in [2.05, 4.69) is 5.32 Å². The number of amides is 1. The summed E-state index contributed by atoms with van der Waals surface area (Å²) in [6, 6.07) is 7.09. The minimum Gasteiger partial charge on any atom is -0.497 e. The Kier molecular flexibility index (Phi) is 7.13. The molecule has 0 saturated heterocycles. The van der Waals surface area contributed by atoms with Gasteiger partial charge in [0.15, 0.2) is 0 Å². The fourth-order valence-corrected chi connectivity index (χ4v) is 2.33. The number of carbonyl (C=O) groups excluding carboxylic acids is 1. The van der Waals surface area contributed by atoms with Crippen LogP contribution in [0.4, 0.5) is 0 Å². The van der Waals surface area contributed by atoms with Gasteiger partial charge in [0.25, 0.3) is 0 Å². The van der Waals surface area contributed by atoms with E-state index in [1.807, 2.05) is 0 Å². The number of nitrogens with one attached hydrogen (secondary N) is 1. The molecule has 7 nitrogen and oxygen atoms in total. The number of methoxy groups -OCH3 is 1. The molecule has 1 N–H and O–H groups in total. The van der Waals surface area contributed by atoms with Gasteiger partial charge in [0.1, 0.15) is 18.1 Å². The molecule has 0 fully saturated rings. The molecule has 0 aliphatic carbocycles. The molecule has 22 heavy (non-hydrogen) atoms. The van der Waals surface area contributed by atoms with Crippen molar-refractivity contribution in [3.63, 3.8) is 0 Å². The fraction of sp³-hybridized carbons (Fsp3) is 0.500. The summed E-state index contributed by atoms with van der Waals surface area (Å²) >= 11 is 0. The van der Waals surface area contributed by atoms with Crippen LogP contribution in [-0.2, 0) is 14.8 Å². The Hall–Kier alpha value is -1.80.